The largest absolute Gasteiger partial charge is 0.518 e. The van der Waals surface area contributed by atoms with Gasteiger partial charge in [-0.3, -0.25) is 0 Å². The van der Waals surface area contributed by atoms with E-state index in [9.17, 15) is 25.6 Å². The molecule has 1 saturated heterocycles. The molecule has 0 radical (unpaired) electrons. The molecule has 0 saturated carbocycles. The molecule has 0 unspecified atom stereocenters. The lowest BCUT2D eigenvalue weighted by molar-refractivity contribution is -0.315. The van der Waals surface area contributed by atoms with E-state index in [-0.39, 0.29) is 0 Å². The maximum Gasteiger partial charge on any atom is 0.518 e. The fourth-order valence-electron chi connectivity index (χ4n) is 0.381. The van der Waals surface area contributed by atoms with Crippen LogP contribution in [0.5, 0.6) is 0 Å². The molecule has 0 atom stereocenters. The molecule has 12 heavy (non-hydrogen) atoms. The highest BCUT2D eigenvalue weighted by atomic mass is 32.3. The highest BCUT2D eigenvalue weighted by molar-refractivity contribution is 7.95. The average molecular weight is 226 g/mol. The first-order valence-electron chi connectivity index (χ1n) is 2.12. The van der Waals surface area contributed by atoms with Crippen LogP contribution in [0.4, 0.5) is 8.78 Å². The van der Waals surface area contributed by atoms with Crippen molar-refractivity contribution in [2.45, 2.75) is 6.29 Å². The van der Waals surface area contributed by atoms with Crippen molar-refractivity contribution < 1.29 is 37.6 Å². The molecule has 1 heterocycles. The second-order valence-electron chi connectivity index (χ2n) is 1.51. The van der Waals surface area contributed by atoms with Crippen molar-refractivity contribution in [2.75, 3.05) is 0 Å². The zero-order valence-electron chi connectivity index (χ0n) is 4.93. The van der Waals surface area contributed by atoms with Gasteiger partial charge in [-0.2, -0.15) is 25.2 Å². The molecular weight excluding hydrogens is 226 g/mol. The van der Waals surface area contributed by atoms with E-state index < -0.39 is 27.1 Å². The molecule has 0 bridgehead atoms. The molecule has 72 valence electrons. The van der Waals surface area contributed by atoms with Crippen molar-refractivity contribution in [3.8, 4) is 0 Å². The van der Waals surface area contributed by atoms with Gasteiger partial charge in [-0.25, -0.2) is 0 Å². The first-order chi connectivity index (χ1) is 5.12. The van der Waals surface area contributed by atoms with Crippen molar-refractivity contribution in [2.24, 2.45) is 0 Å². The molecule has 0 aromatic carbocycles. The van der Waals surface area contributed by atoms with Crippen molar-refractivity contribution in [3.63, 3.8) is 0 Å². The van der Waals surface area contributed by atoms with Crippen LogP contribution in [0.2, 0.25) is 0 Å². The van der Waals surface area contributed by atoms with Gasteiger partial charge in [-0.15, -0.1) is 12.4 Å². The Morgan fingerprint density at radius 1 is 0.917 bits per heavy atom. The first-order valence-corrected chi connectivity index (χ1v) is 4.79. The molecule has 1 fully saturated rings. The summed E-state index contributed by atoms with van der Waals surface area (Å²) in [7, 11) is -10.5. The zero-order chi connectivity index (χ0) is 9.62. The van der Waals surface area contributed by atoms with Gasteiger partial charge < -0.3 is 0 Å². The number of alkyl halides is 2. The summed E-state index contributed by atoms with van der Waals surface area (Å²) >= 11 is 0. The highest BCUT2D eigenvalue weighted by Crippen LogP contribution is 2.29. The predicted octanol–water partition coefficient (Wildman–Crippen LogP) is -0.910. The molecule has 0 aromatic heterocycles. The number of hydrogen-bond donors (Lipinski definition) is 0. The molecule has 0 amide bonds. The van der Waals surface area contributed by atoms with E-state index in [0.29, 0.717) is 0 Å². The molecule has 0 spiro atoms. The summed E-state index contributed by atoms with van der Waals surface area (Å²) in [5, 5.41) is 0. The van der Waals surface area contributed by atoms with Gasteiger partial charge in [0.2, 0.25) is 0 Å². The van der Waals surface area contributed by atoms with Gasteiger partial charge in [0.1, 0.15) is 0 Å². The van der Waals surface area contributed by atoms with Gasteiger partial charge in [0.25, 0.3) is 0 Å². The van der Waals surface area contributed by atoms with Crippen LogP contribution < -0.4 is 0 Å². The van der Waals surface area contributed by atoms with Gasteiger partial charge in [0, 0.05) is 0 Å². The maximum absolute atomic E-state index is 11.9. The SMILES string of the molecule is O=S1(=O)OC(F)(F)OS(=O)(=O)O1. The fourth-order valence-corrected chi connectivity index (χ4v) is 2.01. The van der Waals surface area contributed by atoms with E-state index in [2.05, 4.69) is 12.0 Å². The van der Waals surface area contributed by atoms with Gasteiger partial charge in [-0.1, -0.05) is 0 Å². The summed E-state index contributed by atoms with van der Waals surface area (Å²) in [6.45, 7) is 0. The van der Waals surface area contributed by atoms with E-state index in [1.807, 2.05) is 0 Å². The molecule has 0 aliphatic carbocycles. The molecule has 1 rings (SSSR count). The van der Waals surface area contributed by atoms with E-state index in [4.69, 9.17) is 0 Å². The van der Waals surface area contributed by atoms with E-state index >= 15 is 0 Å². The summed E-state index contributed by atoms with van der Waals surface area (Å²) < 4.78 is 72.9. The highest BCUT2D eigenvalue weighted by Gasteiger charge is 2.52. The smallest absolute Gasteiger partial charge is 0.168 e. The molecule has 0 aromatic rings. The Kier molecular flexibility index (Phi) is 1.88. The van der Waals surface area contributed by atoms with Crippen molar-refractivity contribution in [1.29, 1.82) is 0 Å². The number of rotatable bonds is 0. The van der Waals surface area contributed by atoms with Crippen LogP contribution >= 0.6 is 0 Å². The van der Waals surface area contributed by atoms with Crippen molar-refractivity contribution >= 4 is 20.8 Å². The van der Waals surface area contributed by atoms with Crippen molar-refractivity contribution in [3.05, 3.63) is 0 Å². The molecule has 1 aliphatic rings. The zero-order valence-corrected chi connectivity index (χ0v) is 6.56. The minimum atomic E-state index is -5.26. The lowest BCUT2D eigenvalue weighted by Crippen LogP contribution is -2.39. The first kappa shape index (κ1) is 9.73. The van der Waals surface area contributed by atoms with Crippen LogP contribution in [-0.4, -0.2) is 23.1 Å². The van der Waals surface area contributed by atoms with Gasteiger partial charge in [0.15, 0.2) is 0 Å². The molecule has 0 N–H and O–H groups in total. The summed E-state index contributed by atoms with van der Waals surface area (Å²) in [6, 6.07) is 0. The summed E-state index contributed by atoms with van der Waals surface area (Å²) in [6.07, 6.45) is -4.75. The second kappa shape index (κ2) is 2.32. The summed E-state index contributed by atoms with van der Waals surface area (Å²) in [5.74, 6) is 0. The molecular formula is CF2O7S2. The molecule has 11 heteroatoms. The lowest BCUT2D eigenvalue weighted by atomic mass is 11.3. The van der Waals surface area contributed by atoms with E-state index in [1.54, 1.807) is 0 Å². The standard InChI is InChI=1S/CF2O7S2/c2-1(3)8-11(4,5)10-12(6,7)9-1. The third-order valence-electron chi connectivity index (χ3n) is 0.565. The second-order valence-corrected chi connectivity index (χ2v) is 4.03. The molecule has 1 aliphatic heterocycles. The van der Waals surface area contributed by atoms with Gasteiger partial charge in [-0.05, 0) is 0 Å². The summed E-state index contributed by atoms with van der Waals surface area (Å²) in [5.41, 5.74) is 0. The summed E-state index contributed by atoms with van der Waals surface area (Å²) in [4.78, 5) is 0. The van der Waals surface area contributed by atoms with Crippen LogP contribution in [0.3, 0.4) is 0 Å². The maximum atomic E-state index is 11.9. The average Bonchev–Trinajstić information content (AvgIpc) is 1.44. The quantitative estimate of drug-likeness (QED) is 0.527. The number of hydrogen-bond acceptors (Lipinski definition) is 7. The fraction of sp³-hybridized carbons (Fsp3) is 1.00. The van der Waals surface area contributed by atoms with Crippen LogP contribution in [-0.2, 0) is 32.8 Å². The third-order valence-corrected chi connectivity index (χ3v) is 2.69. The Bertz CT molecular complexity index is 340. The minimum Gasteiger partial charge on any atom is -0.168 e. The van der Waals surface area contributed by atoms with E-state index in [0.717, 1.165) is 0 Å². The predicted molar refractivity (Wildman–Crippen MR) is 26.0 cm³/mol. The van der Waals surface area contributed by atoms with Crippen LogP contribution in [0, 0.1) is 0 Å². The lowest BCUT2D eigenvalue weighted by Gasteiger charge is -2.18. The van der Waals surface area contributed by atoms with Crippen LogP contribution in [0.25, 0.3) is 0 Å². The minimum absolute atomic E-state index is 2.81. The monoisotopic (exact) mass is 226 g/mol. The van der Waals surface area contributed by atoms with Gasteiger partial charge >= 0.3 is 27.1 Å². The normalized spacial score (nSPS) is 31.2. The van der Waals surface area contributed by atoms with Crippen LogP contribution in [0.15, 0.2) is 0 Å². The Morgan fingerprint density at radius 2 is 1.25 bits per heavy atom. The third kappa shape index (κ3) is 2.31. The van der Waals surface area contributed by atoms with Gasteiger partial charge in [0.05, 0.1) is 0 Å². The van der Waals surface area contributed by atoms with E-state index in [1.165, 1.54) is 0 Å². The number of halogens is 2. The Morgan fingerprint density at radius 3 is 1.50 bits per heavy atom. The molecule has 7 nitrogen and oxygen atoms in total. The topological polar surface area (TPSA) is 96.0 Å². The Labute approximate surface area is 65.5 Å². The Balaban J connectivity index is 3.14. The van der Waals surface area contributed by atoms with Crippen LogP contribution in [0.1, 0.15) is 0 Å². The Hall–Kier alpha value is -0.360. The van der Waals surface area contributed by atoms with Crippen molar-refractivity contribution in [1.82, 2.24) is 0 Å².